The molecule has 1 aliphatic rings. The largest absolute Gasteiger partial charge is 0.438 e. The fourth-order valence-corrected chi connectivity index (χ4v) is 4.43. The van der Waals surface area contributed by atoms with E-state index in [4.69, 9.17) is 15.9 Å². The van der Waals surface area contributed by atoms with Crippen LogP contribution in [-0.2, 0) is 12.8 Å². The van der Waals surface area contributed by atoms with Crippen molar-refractivity contribution in [1.29, 1.82) is 0 Å². The Labute approximate surface area is 189 Å². The molecule has 1 saturated heterocycles. The summed E-state index contributed by atoms with van der Waals surface area (Å²) in [4.78, 5) is 23.3. The van der Waals surface area contributed by atoms with Crippen molar-refractivity contribution in [2.75, 3.05) is 23.7 Å². The fourth-order valence-electron chi connectivity index (χ4n) is 4.43. The van der Waals surface area contributed by atoms with Crippen molar-refractivity contribution in [3.05, 3.63) is 47.4 Å². The van der Waals surface area contributed by atoms with Crippen LogP contribution in [0.15, 0.2) is 35.1 Å². The zero-order valence-corrected chi connectivity index (χ0v) is 18.2. The van der Waals surface area contributed by atoms with E-state index in [1.807, 2.05) is 13.0 Å². The first-order chi connectivity index (χ1) is 15.7. The highest BCUT2D eigenvalue weighted by molar-refractivity contribution is 6.10. The summed E-state index contributed by atoms with van der Waals surface area (Å²) < 4.78 is 45.8. The number of rotatable bonds is 6. The second-order valence-corrected chi connectivity index (χ2v) is 8.53. The van der Waals surface area contributed by atoms with Crippen molar-refractivity contribution in [3.63, 3.8) is 0 Å². The molecule has 3 aromatic heterocycles. The molecule has 3 aromatic rings. The maximum atomic E-state index is 13.4. The Balaban J connectivity index is 1.62. The van der Waals surface area contributed by atoms with E-state index in [1.54, 1.807) is 17.2 Å². The SMILES string of the molecule is CCCc1cnc2c(C(=O)Cc3cnccc3N3C[C@@H](N)C[C@@H](C(F)(F)F)C3)c(N)oc2c1. The monoisotopic (exact) mass is 461 g/mol. The van der Waals surface area contributed by atoms with Gasteiger partial charge in [-0.25, -0.2) is 0 Å². The van der Waals surface area contributed by atoms with Crippen LogP contribution >= 0.6 is 0 Å². The number of anilines is 2. The molecule has 4 rings (SSSR count). The molecule has 0 aromatic carbocycles. The normalized spacial score (nSPS) is 19.2. The van der Waals surface area contributed by atoms with Crippen LogP contribution in [0.1, 0.15) is 41.3 Å². The summed E-state index contributed by atoms with van der Waals surface area (Å²) >= 11 is 0. The summed E-state index contributed by atoms with van der Waals surface area (Å²) in [7, 11) is 0. The van der Waals surface area contributed by atoms with Gasteiger partial charge >= 0.3 is 6.18 Å². The number of pyridine rings is 2. The third-order valence-corrected chi connectivity index (χ3v) is 5.95. The summed E-state index contributed by atoms with van der Waals surface area (Å²) in [6.45, 7) is 2.09. The molecule has 0 bridgehead atoms. The molecule has 1 fully saturated rings. The Hall–Kier alpha value is -3.14. The summed E-state index contributed by atoms with van der Waals surface area (Å²) in [5.41, 5.74) is 14.9. The van der Waals surface area contributed by atoms with Crippen LogP contribution < -0.4 is 16.4 Å². The van der Waals surface area contributed by atoms with Gasteiger partial charge in [0.25, 0.3) is 0 Å². The first-order valence-electron chi connectivity index (χ1n) is 10.9. The quantitative estimate of drug-likeness (QED) is 0.536. The zero-order valence-electron chi connectivity index (χ0n) is 18.2. The van der Waals surface area contributed by atoms with Crippen molar-refractivity contribution in [1.82, 2.24) is 9.97 Å². The number of halogens is 3. The van der Waals surface area contributed by atoms with E-state index in [2.05, 4.69) is 9.97 Å². The van der Waals surface area contributed by atoms with Crippen molar-refractivity contribution in [3.8, 4) is 0 Å². The lowest BCUT2D eigenvalue weighted by atomic mass is 9.93. The Morgan fingerprint density at radius 2 is 2.09 bits per heavy atom. The number of fused-ring (bicyclic) bond motifs is 1. The smallest absolute Gasteiger partial charge is 0.393 e. The van der Waals surface area contributed by atoms with E-state index in [-0.39, 0.29) is 43.2 Å². The van der Waals surface area contributed by atoms with E-state index in [1.165, 1.54) is 12.4 Å². The zero-order chi connectivity index (χ0) is 23.8. The molecule has 4 N–H and O–H groups in total. The fraction of sp³-hybridized carbons (Fsp3) is 0.435. The van der Waals surface area contributed by atoms with Crippen LogP contribution in [0, 0.1) is 5.92 Å². The Kier molecular flexibility index (Phi) is 6.29. The number of hydrogen-bond acceptors (Lipinski definition) is 7. The average Bonchev–Trinajstić information content (AvgIpc) is 3.08. The van der Waals surface area contributed by atoms with E-state index >= 15 is 0 Å². The third-order valence-electron chi connectivity index (χ3n) is 5.95. The van der Waals surface area contributed by atoms with Gasteiger partial charge in [-0.05, 0) is 30.5 Å². The topological polar surface area (TPSA) is 111 Å². The summed E-state index contributed by atoms with van der Waals surface area (Å²) in [6, 6.07) is 2.80. The number of nitrogen functional groups attached to an aromatic ring is 1. The van der Waals surface area contributed by atoms with Crippen LogP contribution in [0.3, 0.4) is 0 Å². The number of carbonyl (C=O) groups excluding carboxylic acids is 1. The molecule has 1 aliphatic heterocycles. The molecule has 2 atom stereocenters. The van der Waals surface area contributed by atoms with E-state index < -0.39 is 18.1 Å². The highest BCUT2D eigenvalue weighted by atomic mass is 19.4. The van der Waals surface area contributed by atoms with Gasteiger partial charge in [-0.15, -0.1) is 0 Å². The lowest BCUT2D eigenvalue weighted by molar-refractivity contribution is -0.177. The Morgan fingerprint density at radius 1 is 1.30 bits per heavy atom. The predicted molar refractivity (Wildman–Crippen MR) is 119 cm³/mol. The first-order valence-corrected chi connectivity index (χ1v) is 10.9. The molecule has 176 valence electrons. The second-order valence-electron chi connectivity index (χ2n) is 8.53. The number of Topliss-reactive ketones (excluding diaryl/α,β-unsaturated/α-hetero) is 1. The van der Waals surface area contributed by atoms with Crippen LogP contribution in [0.25, 0.3) is 11.1 Å². The predicted octanol–water partition coefficient (Wildman–Crippen LogP) is 3.90. The second kappa shape index (κ2) is 9.01. The number of furan rings is 1. The molecule has 0 spiro atoms. The van der Waals surface area contributed by atoms with Crippen molar-refractivity contribution in [2.24, 2.45) is 11.7 Å². The summed E-state index contributed by atoms with van der Waals surface area (Å²) in [5, 5.41) is 0. The standard InChI is InChI=1S/C23H26F3N5O2/c1-2-3-13-6-19-21(30-9-13)20(22(28)33-19)18(32)7-14-10-29-5-4-17(14)31-11-15(23(24,25)26)8-16(27)12-31/h4-6,9-10,15-16H,2-3,7-8,11-12,27-28H2,1H3/t15-,16+/m1/s1. The molecule has 7 nitrogen and oxygen atoms in total. The molecule has 33 heavy (non-hydrogen) atoms. The molecule has 0 aliphatic carbocycles. The maximum Gasteiger partial charge on any atom is 0.393 e. The maximum absolute atomic E-state index is 13.4. The van der Waals surface area contributed by atoms with Crippen LogP contribution in [0.4, 0.5) is 24.7 Å². The average molecular weight is 461 g/mol. The number of piperidine rings is 1. The number of aromatic nitrogens is 2. The molecular formula is C23H26F3N5O2. The number of ketones is 1. The summed E-state index contributed by atoms with van der Waals surface area (Å²) in [5.74, 6) is -1.91. The van der Waals surface area contributed by atoms with Gasteiger partial charge in [0.2, 0.25) is 5.88 Å². The van der Waals surface area contributed by atoms with E-state index in [9.17, 15) is 18.0 Å². The Morgan fingerprint density at radius 3 is 2.82 bits per heavy atom. The highest BCUT2D eigenvalue weighted by Crippen LogP contribution is 2.36. The van der Waals surface area contributed by atoms with E-state index in [0.29, 0.717) is 22.4 Å². The van der Waals surface area contributed by atoms with Crippen LogP contribution in [-0.4, -0.2) is 41.1 Å². The number of nitrogens with zero attached hydrogens (tertiary/aromatic N) is 3. The third kappa shape index (κ3) is 4.80. The molecule has 4 heterocycles. The lowest BCUT2D eigenvalue weighted by Crippen LogP contribution is -2.51. The minimum absolute atomic E-state index is 0.0290. The van der Waals surface area contributed by atoms with Gasteiger partial charge in [-0.2, -0.15) is 13.2 Å². The molecule has 0 radical (unpaired) electrons. The van der Waals surface area contributed by atoms with Gasteiger partial charge in [0.05, 0.1) is 5.92 Å². The van der Waals surface area contributed by atoms with Crippen molar-refractivity contribution in [2.45, 2.75) is 44.8 Å². The van der Waals surface area contributed by atoms with Gasteiger partial charge in [-0.1, -0.05) is 13.3 Å². The van der Waals surface area contributed by atoms with E-state index in [0.717, 1.165) is 18.4 Å². The molecule has 0 saturated carbocycles. The van der Waals surface area contributed by atoms with Crippen molar-refractivity contribution >= 4 is 28.5 Å². The van der Waals surface area contributed by atoms with Gasteiger partial charge < -0.3 is 20.8 Å². The van der Waals surface area contributed by atoms with Crippen molar-refractivity contribution < 1.29 is 22.4 Å². The molecule has 0 unspecified atom stereocenters. The number of aryl methyl sites for hydroxylation is 1. The van der Waals surface area contributed by atoms with Crippen LogP contribution in [0.2, 0.25) is 0 Å². The van der Waals surface area contributed by atoms with Gasteiger partial charge in [0, 0.05) is 55.4 Å². The first kappa shape index (κ1) is 23.0. The molecule has 10 heteroatoms. The minimum atomic E-state index is -4.34. The molecule has 0 amide bonds. The lowest BCUT2D eigenvalue weighted by Gasteiger charge is -2.39. The van der Waals surface area contributed by atoms with Crippen LogP contribution in [0.5, 0.6) is 0 Å². The summed E-state index contributed by atoms with van der Waals surface area (Å²) in [6.07, 6.45) is 1.86. The van der Waals surface area contributed by atoms with Gasteiger partial charge in [-0.3, -0.25) is 14.8 Å². The molecular weight excluding hydrogens is 435 g/mol. The number of carbonyl (C=O) groups is 1. The number of hydrogen-bond donors (Lipinski definition) is 2. The Bertz CT molecular complexity index is 1160. The minimum Gasteiger partial charge on any atom is -0.438 e. The number of nitrogens with two attached hydrogens (primary N) is 2. The van der Waals surface area contributed by atoms with Gasteiger partial charge in [0.1, 0.15) is 11.1 Å². The van der Waals surface area contributed by atoms with Gasteiger partial charge in [0.15, 0.2) is 11.4 Å². The number of alkyl halides is 3. The highest BCUT2D eigenvalue weighted by Gasteiger charge is 2.44.